The molecular formula is Ru5. The fourth-order valence-corrected chi connectivity index (χ4v) is 0. The largest absolute Gasteiger partial charge is 0 e. The summed E-state index contributed by atoms with van der Waals surface area (Å²) in [5.41, 5.74) is 0. The molecule has 0 unspecified atom stereocenters. The van der Waals surface area contributed by atoms with Crippen molar-refractivity contribution < 1.29 is 97.4 Å². The molecule has 5 heteroatoms. The third kappa shape index (κ3) is 19.2. The van der Waals surface area contributed by atoms with E-state index in [4.69, 9.17) is 0 Å². The van der Waals surface area contributed by atoms with Gasteiger partial charge in [-0.25, -0.2) is 0 Å². The molecule has 40 valence electrons. The fraction of sp³-hybridized carbons (Fsp3) is 0. The van der Waals surface area contributed by atoms with Crippen molar-refractivity contribution in [3.05, 3.63) is 0 Å². The van der Waals surface area contributed by atoms with Gasteiger partial charge >= 0.3 is 0 Å². The Labute approximate surface area is 95.8 Å². The summed E-state index contributed by atoms with van der Waals surface area (Å²) >= 11 is 0. The average molecular weight is 505 g/mol. The maximum absolute atomic E-state index is 0. The monoisotopic (exact) mass is 510 g/mol. The van der Waals surface area contributed by atoms with Crippen molar-refractivity contribution in [1.82, 2.24) is 0 Å². The molecule has 0 aromatic carbocycles. The smallest absolute Gasteiger partial charge is 0 e. The summed E-state index contributed by atoms with van der Waals surface area (Å²) in [5.74, 6) is 0. The Morgan fingerprint density at radius 3 is 0.200 bits per heavy atom. The van der Waals surface area contributed by atoms with E-state index in [9.17, 15) is 0 Å². The molecular weight excluding hydrogens is 505 g/mol. The minimum atomic E-state index is 0. The maximum atomic E-state index is 0. The zero-order chi connectivity index (χ0) is 0. The fourth-order valence-electron chi connectivity index (χ4n) is 0. The molecule has 5 heavy (non-hydrogen) atoms. The second-order valence-corrected chi connectivity index (χ2v) is 0. The summed E-state index contributed by atoms with van der Waals surface area (Å²) in [7, 11) is 0. The standard InChI is InChI=1S/5Ru. The van der Waals surface area contributed by atoms with E-state index in [-0.39, 0.29) is 97.4 Å². The van der Waals surface area contributed by atoms with Crippen molar-refractivity contribution in [3.8, 4) is 0 Å². The normalized spacial score (nSPS) is 0. The van der Waals surface area contributed by atoms with Gasteiger partial charge in [0, 0.05) is 97.4 Å². The second-order valence-electron chi connectivity index (χ2n) is 0. The van der Waals surface area contributed by atoms with Crippen LogP contribution in [0.1, 0.15) is 0 Å². The summed E-state index contributed by atoms with van der Waals surface area (Å²) in [5, 5.41) is 0. The molecule has 0 N–H and O–H groups in total. The minimum absolute atomic E-state index is 0. The first kappa shape index (κ1) is 42.3. The molecule has 0 aliphatic heterocycles. The number of hydrogen-bond donors (Lipinski definition) is 0. The van der Waals surface area contributed by atoms with E-state index in [2.05, 4.69) is 0 Å². The van der Waals surface area contributed by atoms with E-state index in [1.54, 1.807) is 0 Å². The van der Waals surface area contributed by atoms with E-state index < -0.39 is 0 Å². The molecule has 0 amide bonds. The van der Waals surface area contributed by atoms with Crippen LogP contribution in [-0.2, 0) is 97.4 Å². The molecule has 0 aliphatic carbocycles. The van der Waals surface area contributed by atoms with Crippen molar-refractivity contribution in [2.24, 2.45) is 0 Å². The third-order valence-corrected chi connectivity index (χ3v) is 0. The van der Waals surface area contributed by atoms with Crippen LogP contribution in [0.25, 0.3) is 0 Å². The topological polar surface area (TPSA) is 0 Å². The van der Waals surface area contributed by atoms with Gasteiger partial charge in [-0.3, -0.25) is 0 Å². The molecule has 0 aliphatic rings. The first-order valence-electron chi connectivity index (χ1n) is 0. The van der Waals surface area contributed by atoms with Crippen LogP contribution in [0.15, 0.2) is 0 Å². The van der Waals surface area contributed by atoms with Gasteiger partial charge in [0.05, 0.1) is 0 Å². The van der Waals surface area contributed by atoms with Crippen LogP contribution in [0.2, 0.25) is 0 Å². The van der Waals surface area contributed by atoms with Crippen molar-refractivity contribution in [3.63, 3.8) is 0 Å². The Bertz CT molecular complexity index is 0. The summed E-state index contributed by atoms with van der Waals surface area (Å²) < 4.78 is 0. The molecule has 0 aromatic heterocycles. The molecule has 0 spiro atoms. The molecule has 0 heterocycles. The van der Waals surface area contributed by atoms with Crippen molar-refractivity contribution in [2.75, 3.05) is 0 Å². The Balaban J connectivity index is 0. The summed E-state index contributed by atoms with van der Waals surface area (Å²) in [4.78, 5) is 0. The van der Waals surface area contributed by atoms with Gasteiger partial charge in [0.15, 0.2) is 0 Å². The zero-order valence-corrected chi connectivity index (χ0v) is 10.5. The van der Waals surface area contributed by atoms with Gasteiger partial charge in [-0.1, -0.05) is 0 Å². The van der Waals surface area contributed by atoms with Gasteiger partial charge in [0.2, 0.25) is 0 Å². The molecule has 0 atom stereocenters. The van der Waals surface area contributed by atoms with Crippen LogP contribution in [-0.4, -0.2) is 0 Å². The molecule has 0 rings (SSSR count). The van der Waals surface area contributed by atoms with Crippen molar-refractivity contribution in [2.45, 2.75) is 0 Å². The molecule has 0 bridgehead atoms. The van der Waals surface area contributed by atoms with E-state index in [1.165, 1.54) is 0 Å². The van der Waals surface area contributed by atoms with Crippen LogP contribution in [0, 0.1) is 0 Å². The maximum Gasteiger partial charge on any atom is 0 e. The minimum Gasteiger partial charge on any atom is 0 e. The SMILES string of the molecule is [Ru].[Ru].[Ru].[Ru].[Ru]. The van der Waals surface area contributed by atoms with Gasteiger partial charge < -0.3 is 0 Å². The molecule has 0 radical (unpaired) electrons. The molecule has 0 saturated heterocycles. The average Bonchev–Trinajstić information content (AvgIpc) is 0. The first-order valence-corrected chi connectivity index (χ1v) is 0. The Morgan fingerprint density at radius 1 is 0.200 bits per heavy atom. The van der Waals surface area contributed by atoms with Crippen LogP contribution in [0.4, 0.5) is 0 Å². The Kier molecular flexibility index (Phi) is 232. The number of rotatable bonds is 0. The van der Waals surface area contributed by atoms with Gasteiger partial charge in [-0.05, 0) is 0 Å². The van der Waals surface area contributed by atoms with Crippen LogP contribution in [0.5, 0.6) is 0 Å². The van der Waals surface area contributed by atoms with E-state index in [0.29, 0.717) is 0 Å². The van der Waals surface area contributed by atoms with Crippen molar-refractivity contribution >= 4 is 0 Å². The molecule has 0 aromatic rings. The number of hydrogen-bond acceptors (Lipinski definition) is 0. The predicted octanol–water partition coefficient (Wildman–Crippen LogP) is -0.0125. The van der Waals surface area contributed by atoms with Gasteiger partial charge in [-0.2, -0.15) is 0 Å². The van der Waals surface area contributed by atoms with E-state index >= 15 is 0 Å². The summed E-state index contributed by atoms with van der Waals surface area (Å²) in [6.45, 7) is 0. The Morgan fingerprint density at radius 2 is 0.200 bits per heavy atom. The summed E-state index contributed by atoms with van der Waals surface area (Å²) in [6.07, 6.45) is 0. The van der Waals surface area contributed by atoms with Crippen LogP contribution < -0.4 is 0 Å². The quantitative estimate of drug-likeness (QED) is 0.407. The zero-order valence-electron chi connectivity index (χ0n) is 1.77. The first-order chi connectivity index (χ1) is 0. The third-order valence-electron chi connectivity index (χ3n) is 0. The summed E-state index contributed by atoms with van der Waals surface area (Å²) in [6, 6.07) is 0. The predicted molar refractivity (Wildman–Crippen MR) is 0 cm³/mol. The van der Waals surface area contributed by atoms with Crippen LogP contribution in [0.3, 0.4) is 0 Å². The van der Waals surface area contributed by atoms with E-state index in [1.807, 2.05) is 0 Å². The molecule has 0 nitrogen and oxygen atoms in total. The van der Waals surface area contributed by atoms with Gasteiger partial charge in [0.1, 0.15) is 0 Å². The van der Waals surface area contributed by atoms with E-state index in [0.717, 1.165) is 0 Å². The van der Waals surface area contributed by atoms with Crippen molar-refractivity contribution in [1.29, 1.82) is 0 Å². The van der Waals surface area contributed by atoms with Gasteiger partial charge in [0.25, 0.3) is 0 Å². The van der Waals surface area contributed by atoms with Crippen LogP contribution >= 0.6 is 0 Å². The van der Waals surface area contributed by atoms with Gasteiger partial charge in [-0.15, -0.1) is 0 Å². The Hall–Kier alpha value is 3.12. The molecule has 0 saturated carbocycles. The molecule has 0 fully saturated rings. The second kappa shape index (κ2) is 27.4.